The van der Waals surface area contributed by atoms with Crippen molar-refractivity contribution in [2.75, 3.05) is 11.9 Å². The Hall–Kier alpha value is -4.49. The number of nitrogens with one attached hydrogen (secondary N) is 2. The van der Waals surface area contributed by atoms with Crippen LogP contribution in [0, 0.1) is 5.92 Å². The van der Waals surface area contributed by atoms with E-state index in [2.05, 4.69) is 53.7 Å². The fraction of sp³-hybridized carbons (Fsp3) is 0.129. The van der Waals surface area contributed by atoms with E-state index in [4.69, 9.17) is 21.4 Å². The second kappa shape index (κ2) is 11.3. The molecule has 2 N–H and O–H groups in total. The number of hydrogen-bond donors (Lipinski definition) is 2. The second-order valence-electron chi connectivity index (χ2n) is 9.29. The molecular weight excluding hydrogens is 494 g/mol. The van der Waals surface area contributed by atoms with Gasteiger partial charge in [0, 0.05) is 16.8 Å². The molecule has 38 heavy (non-hydrogen) atoms. The lowest BCUT2D eigenvalue weighted by Gasteiger charge is -2.11. The van der Waals surface area contributed by atoms with Crippen molar-refractivity contribution in [1.29, 1.82) is 0 Å². The highest BCUT2D eigenvalue weighted by Crippen LogP contribution is 2.28. The summed E-state index contributed by atoms with van der Waals surface area (Å²) in [6.07, 6.45) is 0. The minimum atomic E-state index is -0.318. The van der Waals surface area contributed by atoms with Crippen molar-refractivity contribution in [3.8, 4) is 28.3 Å². The summed E-state index contributed by atoms with van der Waals surface area (Å²) in [5, 5.41) is 5.95. The lowest BCUT2D eigenvalue weighted by Crippen LogP contribution is -2.34. The summed E-state index contributed by atoms with van der Waals surface area (Å²) in [5.74, 6) is 1.25. The summed E-state index contributed by atoms with van der Waals surface area (Å²) in [6, 6.07) is 30.8. The van der Waals surface area contributed by atoms with Gasteiger partial charge in [0.25, 0.3) is 5.91 Å². The van der Waals surface area contributed by atoms with Crippen LogP contribution in [-0.2, 0) is 0 Å². The quantitative estimate of drug-likeness (QED) is 0.219. The van der Waals surface area contributed by atoms with Gasteiger partial charge < -0.3 is 14.5 Å². The van der Waals surface area contributed by atoms with Crippen molar-refractivity contribution in [2.45, 2.75) is 13.8 Å². The van der Waals surface area contributed by atoms with E-state index in [-0.39, 0.29) is 11.0 Å². The van der Waals surface area contributed by atoms with Crippen LogP contribution in [0.3, 0.4) is 0 Å². The third-order valence-electron chi connectivity index (χ3n) is 5.79. The Labute approximate surface area is 226 Å². The molecule has 0 saturated carbocycles. The zero-order chi connectivity index (χ0) is 26.5. The lowest BCUT2D eigenvalue weighted by atomic mass is 10.0. The van der Waals surface area contributed by atoms with Gasteiger partial charge in [0.15, 0.2) is 10.7 Å². The number of ether oxygens (including phenoxy) is 1. The molecule has 4 aromatic carbocycles. The predicted octanol–water partition coefficient (Wildman–Crippen LogP) is 7.32. The molecule has 7 heteroatoms. The van der Waals surface area contributed by atoms with Gasteiger partial charge >= 0.3 is 0 Å². The summed E-state index contributed by atoms with van der Waals surface area (Å²) in [4.78, 5) is 17.4. The molecule has 0 fully saturated rings. The standard InChI is InChI=1S/C31H27N3O3S/c1-20(2)19-36-26-10-6-9-24(17-26)29(35)34-31(38)32-25-15-16-28-27(18-25)33-30(37-28)23-13-11-22(12-14-23)21-7-4-3-5-8-21/h3-18,20H,19H2,1-2H3,(H2,32,34,35,38). The molecule has 0 spiro atoms. The molecule has 6 nitrogen and oxygen atoms in total. The van der Waals surface area contributed by atoms with Crippen molar-refractivity contribution in [1.82, 2.24) is 10.3 Å². The number of carbonyl (C=O) groups excluding carboxylic acids is 1. The van der Waals surface area contributed by atoms with E-state index in [1.165, 1.54) is 0 Å². The van der Waals surface area contributed by atoms with Crippen LogP contribution < -0.4 is 15.4 Å². The molecule has 0 bridgehead atoms. The fourth-order valence-corrected chi connectivity index (χ4v) is 4.10. The smallest absolute Gasteiger partial charge is 0.257 e. The Morgan fingerprint density at radius 3 is 2.39 bits per heavy atom. The molecule has 0 saturated heterocycles. The fourth-order valence-electron chi connectivity index (χ4n) is 3.89. The van der Waals surface area contributed by atoms with Gasteiger partial charge in [0.2, 0.25) is 5.89 Å². The number of anilines is 1. The third-order valence-corrected chi connectivity index (χ3v) is 6.00. The van der Waals surface area contributed by atoms with E-state index < -0.39 is 0 Å². The maximum atomic E-state index is 12.7. The van der Waals surface area contributed by atoms with Crippen LogP contribution in [0.5, 0.6) is 5.75 Å². The van der Waals surface area contributed by atoms with Crippen LogP contribution in [0.1, 0.15) is 24.2 Å². The minimum Gasteiger partial charge on any atom is -0.493 e. The zero-order valence-electron chi connectivity index (χ0n) is 21.1. The molecule has 0 atom stereocenters. The highest BCUT2D eigenvalue weighted by Gasteiger charge is 2.12. The zero-order valence-corrected chi connectivity index (χ0v) is 21.9. The van der Waals surface area contributed by atoms with Crippen molar-refractivity contribution in [2.24, 2.45) is 5.92 Å². The lowest BCUT2D eigenvalue weighted by molar-refractivity contribution is 0.0977. The van der Waals surface area contributed by atoms with Gasteiger partial charge in [-0.2, -0.15) is 0 Å². The normalized spacial score (nSPS) is 10.9. The number of thiocarbonyl (C=S) groups is 1. The molecule has 0 aliphatic heterocycles. The topological polar surface area (TPSA) is 76.4 Å². The highest BCUT2D eigenvalue weighted by molar-refractivity contribution is 7.80. The molecule has 1 aromatic heterocycles. The predicted molar refractivity (Wildman–Crippen MR) is 155 cm³/mol. The SMILES string of the molecule is CC(C)COc1cccc(C(=O)NC(=S)Nc2ccc3oc(-c4ccc(-c5ccccc5)cc4)nc3c2)c1. The van der Waals surface area contributed by atoms with Crippen molar-refractivity contribution >= 4 is 40.0 Å². The average molecular weight is 522 g/mol. The van der Waals surface area contributed by atoms with Crippen LogP contribution in [0.2, 0.25) is 0 Å². The molecule has 0 aliphatic rings. The number of amides is 1. The first-order chi connectivity index (χ1) is 18.4. The van der Waals surface area contributed by atoms with Crippen LogP contribution in [0.4, 0.5) is 5.69 Å². The summed E-state index contributed by atoms with van der Waals surface area (Å²) in [6.45, 7) is 4.72. The monoisotopic (exact) mass is 521 g/mol. The molecule has 5 aromatic rings. The Kier molecular flexibility index (Phi) is 7.47. The van der Waals surface area contributed by atoms with Gasteiger partial charge in [-0.25, -0.2) is 4.98 Å². The molecular formula is C31H27N3O3S. The Bertz CT molecular complexity index is 1580. The average Bonchev–Trinajstić information content (AvgIpc) is 3.36. The van der Waals surface area contributed by atoms with Gasteiger partial charge in [0.05, 0.1) is 6.61 Å². The van der Waals surface area contributed by atoms with Crippen LogP contribution in [-0.4, -0.2) is 22.6 Å². The Morgan fingerprint density at radius 1 is 0.895 bits per heavy atom. The number of aromatic nitrogens is 1. The van der Waals surface area contributed by atoms with Crippen LogP contribution in [0.15, 0.2) is 101 Å². The number of benzene rings is 4. The summed E-state index contributed by atoms with van der Waals surface area (Å²) < 4.78 is 11.7. The van der Waals surface area contributed by atoms with Gasteiger partial charge in [-0.1, -0.05) is 62.4 Å². The summed E-state index contributed by atoms with van der Waals surface area (Å²) in [7, 11) is 0. The molecule has 5 rings (SSSR count). The Balaban J connectivity index is 1.24. The number of fused-ring (bicyclic) bond motifs is 1. The third kappa shape index (κ3) is 6.07. The maximum Gasteiger partial charge on any atom is 0.257 e. The molecule has 0 aliphatic carbocycles. The van der Waals surface area contributed by atoms with E-state index in [1.54, 1.807) is 18.2 Å². The first kappa shape index (κ1) is 25.2. The summed E-state index contributed by atoms with van der Waals surface area (Å²) in [5.41, 5.74) is 5.66. The van der Waals surface area contributed by atoms with Gasteiger partial charge in [0.1, 0.15) is 11.3 Å². The van der Waals surface area contributed by atoms with Crippen molar-refractivity contribution in [3.05, 3.63) is 103 Å². The van der Waals surface area contributed by atoms with Gasteiger partial charge in [-0.15, -0.1) is 0 Å². The highest BCUT2D eigenvalue weighted by atomic mass is 32.1. The van der Waals surface area contributed by atoms with E-state index in [9.17, 15) is 4.79 Å². The molecule has 190 valence electrons. The molecule has 0 radical (unpaired) electrons. The maximum absolute atomic E-state index is 12.7. The van der Waals surface area contributed by atoms with E-state index in [0.29, 0.717) is 46.5 Å². The number of nitrogens with zero attached hydrogens (tertiary/aromatic N) is 1. The molecule has 1 heterocycles. The van der Waals surface area contributed by atoms with Gasteiger partial charge in [-0.3, -0.25) is 10.1 Å². The van der Waals surface area contributed by atoms with Crippen LogP contribution in [0.25, 0.3) is 33.7 Å². The van der Waals surface area contributed by atoms with E-state index in [1.807, 2.05) is 54.6 Å². The second-order valence-corrected chi connectivity index (χ2v) is 9.69. The number of hydrogen-bond acceptors (Lipinski definition) is 5. The van der Waals surface area contributed by atoms with Crippen LogP contribution >= 0.6 is 12.2 Å². The van der Waals surface area contributed by atoms with E-state index >= 15 is 0 Å². The molecule has 0 unspecified atom stereocenters. The summed E-state index contributed by atoms with van der Waals surface area (Å²) >= 11 is 5.37. The van der Waals surface area contributed by atoms with Crippen molar-refractivity contribution in [3.63, 3.8) is 0 Å². The number of rotatable bonds is 7. The van der Waals surface area contributed by atoms with Crippen molar-refractivity contribution < 1.29 is 13.9 Å². The first-order valence-electron chi connectivity index (χ1n) is 12.4. The van der Waals surface area contributed by atoms with Gasteiger partial charge in [-0.05, 0) is 77.8 Å². The largest absolute Gasteiger partial charge is 0.493 e. The number of oxazole rings is 1. The van der Waals surface area contributed by atoms with E-state index in [0.717, 1.165) is 16.7 Å². The number of carbonyl (C=O) groups is 1. The first-order valence-corrected chi connectivity index (χ1v) is 12.8. The molecule has 1 amide bonds. The minimum absolute atomic E-state index is 0.183. The Morgan fingerprint density at radius 2 is 1.63 bits per heavy atom.